The predicted molar refractivity (Wildman–Crippen MR) is 206 cm³/mol. The molecule has 0 radical (unpaired) electrons. The number of aliphatic hydroxyl groups excluding tert-OH is 1. The monoisotopic (exact) mass is 856 g/mol. The van der Waals surface area contributed by atoms with Gasteiger partial charge in [0.2, 0.25) is 0 Å². The molecule has 5 aromatic carbocycles. The van der Waals surface area contributed by atoms with Crippen molar-refractivity contribution in [3.8, 4) is 80.5 Å². The Labute approximate surface area is 345 Å². The summed E-state index contributed by atoms with van der Waals surface area (Å²) in [6, 6.07) is 13.6. The van der Waals surface area contributed by atoms with Gasteiger partial charge in [-0.05, 0) is 88.5 Å². The molecule has 20 heteroatoms. The average molecular weight is 857 g/mol. The third kappa shape index (κ3) is 11.6. The molecule has 61 heavy (non-hydrogen) atoms. The van der Waals surface area contributed by atoms with Crippen molar-refractivity contribution in [3.63, 3.8) is 0 Å². The van der Waals surface area contributed by atoms with Gasteiger partial charge in [0.25, 0.3) is 0 Å². The minimum atomic E-state index is -0.977. The number of aromatic hydroxyl groups is 14. The highest BCUT2D eigenvalue weighted by Gasteiger charge is 2.41. The Morgan fingerprint density at radius 3 is 1.26 bits per heavy atom. The smallest absolute Gasteiger partial charge is 0.200 e. The van der Waals surface area contributed by atoms with E-state index in [-0.39, 0.29) is 68.7 Å². The fourth-order valence-corrected chi connectivity index (χ4v) is 6.03. The number of rotatable bonds is 14. The topological polar surface area (TPSA) is 350 Å². The van der Waals surface area contributed by atoms with Crippen LogP contribution in [0.3, 0.4) is 0 Å². The fraction of sp³-hybridized carbons (Fsp3) is 0.268. The second kappa shape index (κ2) is 19.9. The summed E-state index contributed by atoms with van der Waals surface area (Å²) >= 11 is 0. The van der Waals surface area contributed by atoms with Crippen LogP contribution in [0.5, 0.6) is 80.5 Å². The number of ether oxygens (including phenoxy) is 5. The van der Waals surface area contributed by atoms with Gasteiger partial charge in [0, 0.05) is 6.42 Å². The zero-order chi connectivity index (χ0) is 44.5. The summed E-state index contributed by atoms with van der Waals surface area (Å²) in [4.78, 5) is 0. The van der Waals surface area contributed by atoms with Crippen LogP contribution in [-0.2, 0) is 56.7 Å². The van der Waals surface area contributed by atoms with E-state index in [2.05, 4.69) is 0 Å². The highest BCUT2D eigenvalue weighted by atomic mass is 16.7. The number of hydrogen-bond acceptors (Lipinski definition) is 20. The summed E-state index contributed by atoms with van der Waals surface area (Å²) in [5.74, 6) is -7.67. The lowest BCUT2D eigenvalue weighted by molar-refractivity contribution is -0.281. The third-order valence-corrected chi connectivity index (χ3v) is 9.12. The van der Waals surface area contributed by atoms with Crippen LogP contribution >= 0.6 is 0 Å². The SMILES string of the molecule is OCc1cc(O)c(O)c(O)c1.Oc1ccc(COC2C[C@@H](OCc3cc(O)c(O)c(O)c3)[C@H](OCc3cc(O)c(O)c(O)c3)[C@@H](COCc3cc(O)c(O)c(O)c3)O2)cc1O. The number of hydrogen-bond donors (Lipinski definition) is 15. The second-order valence-corrected chi connectivity index (χ2v) is 13.7. The molecule has 15 N–H and O–H groups in total. The van der Waals surface area contributed by atoms with Crippen molar-refractivity contribution < 1.29 is 100 Å². The van der Waals surface area contributed by atoms with Crippen molar-refractivity contribution in [1.82, 2.24) is 0 Å². The largest absolute Gasteiger partial charge is 0.504 e. The molecular formula is C41H44O20. The van der Waals surface area contributed by atoms with Crippen LogP contribution in [0, 0.1) is 0 Å². The number of phenols is 14. The van der Waals surface area contributed by atoms with Crippen molar-refractivity contribution in [1.29, 1.82) is 0 Å². The number of aliphatic hydroxyl groups is 1. The van der Waals surface area contributed by atoms with Gasteiger partial charge in [-0.25, -0.2) is 0 Å². The van der Waals surface area contributed by atoms with E-state index in [1.807, 2.05) is 0 Å². The first-order chi connectivity index (χ1) is 28.9. The quantitative estimate of drug-likeness (QED) is 0.0707. The maximum Gasteiger partial charge on any atom is 0.200 e. The summed E-state index contributed by atoms with van der Waals surface area (Å²) in [7, 11) is 0. The summed E-state index contributed by atoms with van der Waals surface area (Å²) in [5.41, 5.74) is 1.71. The molecule has 0 bridgehead atoms. The zero-order valence-electron chi connectivity index (χ0n) is 31.9. The van der Waals surface area contributed by atoms with Gasteiger partial charge in [-0.3, -0.25) is 0 Å². The highest BCUT2D eigenvalue weighted by molar-refractivity contribution is 5.53. The Kier molecular flexibility index (Phi) is 14.7. The van der Waals surface area contributed by atoms with Gasteiger partial charge in [0.15, 0.2) is 86.8 Å². The van der Waals surface area contributed by atoms with E-state index in [4.69, 9.17) is 44.1 Å². The molecule has 328 valence electrons. The van der Waals surface area contributed by atoms with Gasteiger partial charge >= 0.3 is 0 Å². The van der Waals surface area contributed by atoms with Gasteiger partial charge in [0.05, 0.1) is 45.7 Å². The molecule has 0 saturated carbocycles. The van der Waals surface area contributed by atoms with Gasteiger partial charge in [0.1, 0.15) is 12.2 Å². The first kappa shape index (κ1) is 45.1. The van der Waals surface area contributed by atoms with E-state index < -0.39 is 93.6 Å². The van der Waals surface area contributed by atoms with Crippen molar-refractivity contribution in [2.45, 2.75) is 64.1 Å². The van der Waals surface area contributed by atoms with Crippen LogP contribution in [0.25, 0.3) is 0 Å². The lowest BCUT2D eigenvalue weighted by Gasteiger charge is -2.41. The van der Waals surface area contributed by atoms with Crippen LogP contribution < -0.4 is 0 Å². The lowest BCUT2D eigenvalue weighted by atomic mass is 10.0. The maximum atomic E-state index is 10.0. The first-order valence-electron chi connectivity index (χ1n) is 18.1. The molecule has 1 unspecified atom stereocenters. The molecule has 0 spiro atoms. The van der Waals surface area contributed by atoms with Gasteiger partial charge in [-0.2, -0.15) is 0 Å². The molecule has 1 aliphatic heterocycles. The van der Waals surface area contributed by atoms with Crippen LogP contribution in [0.1, 0.15) is 34.2 Å². The standard InChI is InChI=1S/C34H36O16.C7H8O4/c35-20-2-1-16(3-21(20)36)12-48-30-10-28(47-13-18-6-24(39)32(44)25(40)7-18)34(49-14-19-8-26(41)33(45)27(42)9-19)29(50-30)15-46-11-17-4-22(37)31(43)23(38)5-17;8-3-4-1-5(9)7(11)6(10)2-4/h1-9,28-30,34-45H,10-15H2;1-2,8-11H,3H2/t28-,29-,30?,34+;/m1./s1. The summed E-state index contributed by atoms with van der Waals surface area (Å²) < 4.78 is 30.4. The van der Waals surface area contributed by atoms with Gasteiger partial charge in [-0.1, -0.05) is 6.07 Å². The Balaban J connectivity index is 0.000000556. The molecule has 1 aliphatic rings. The van der Waals surface area contributed by atoms with E-state index in [9.17, 15) is 56.2 Å². The van der Waals surface area contributed by atoms with E-state index in [0.717, 1.165) is 0 Å². The molecule has 0 aromatic heterocycles. The molecule has 6 rings (SSSR count). The Hall–Kier alpha value is -6.94. The van der Waals surface area contributed by atoms with Gasteiger partial charge < -0.3 is 100 Å². The lowest BCUT2D eigenvalue weighted by Crippen LogP contribution is -2.53. The van der Waals surface area contributed by atoms with Crippen molar-refractivity contribution in [2.75, 3.05) is 6.61 Å². The van der Waals surface area contributed by atoms with Crippen LogP contribution in [0.2, 0.25) is 0 Å². The molecule has 0 amide bonds. The highest BCUT2D eigenvalue weighted by Crippen LogP contribution is 2.39. The summed E-state index contributed by atoms with van der Waals surface area (Å²) in [6.45, 7) is -1.15. The van der Waals surface area contributed by atoms with Crippen LogP contribution in [0.15, 0.2) is 66.7 Å². The Bertz CT molecular complexity index is 2200. The minimum Gasteiger partial charge on any atom is -0.504 e. The summed E-state index contributed by atoms with van der Waals surface area (Å²) in [6.07, 6.45) is -3.74. The average Bonchev–Trinajstić information content (AvgIpc) is 3.22. The molecule has 4 atom stereocenters. The zero-order valence-corrected chi connectivity index (χ0v) is 31.9. The summed E-state index contributed by atoms with van der Waals surface area (Å²) in [5, 5.41) is 144. The van der Waals surface area contributed by atoms with E-state index in [0.29, 0.717) is 16.7 Å². The van der Waals surface area contributed by atoms with Crippen molar-refractivity contribution >= 4 is 0 Å². The Morgan fingerprint density at radius 2 is 0.820 bits per heavy atom. The first-order valence-corrected chi connectivity index (χ1v) is 18.1. The van der Waals surface area contributed by atoms with Crippen LogP contribution in [-0.4, -0.2) is 108 Å². The van der Waals surface area contributed by atoms with Crippen LogP contribution in [0.4, 0.5) is 0 Å². The Morgan fingerprint density at radius 1 is 0.426 bits per heavy atom. The van der Waals surface area contributed by atoms with E-state index in [1.165, 1.54) is 66.7 Å². The molecule has 0 aliphatic carbocycles. The molecule has 1 heterocycles. The fourth-order valence-electron chi connectivity index (χ4n) is 6.03. The second-order valence-electron chi connectivity index (χ2n) is 13.7. The van der Waals surface area contributed by atoms with E-state index >= 15 is 0 Å². The molecule has 1 fully saturated rings. The molecule has 5 aromatic rings. The van der Waals surface area contributed by atoms with Gasteiger partial charge in [-0.15, -0.1) is 0 Å². The third-order valence-electron chi connectivity index (χ3n) is 9.12. The molecule has 20 nitrogen and oxygen atoms in total. The maximum absolute atomic E-state index is 10.0. The van der Waals surface area contributed by atoms with Crippen molar-refractivity contribution in [3.05, 3.63) is 94.5 Å². The van der Waals surface area contributed by atoms with Crippen molar-refractivity contribution in [2.24, 2.45) is 0 Å². The molecule has 1 saturated heterocycles. The number of benzene rings is 5. The molecular weight excluding hydrogens is 812 g/mol. The number of phenolic OH excluding ortho intramolecular Hbond substituents is 14. The minimum absolute atomic E-state index is 0.0348. The normalized spacial score (nSPS) is 17.4. The predicted octanol–water partition coefficient (Wildman–Crippen LogP) is 3.76. The van der Waals surface area contributed by atoms with E-state index in [1.54, 1.807) is 0 Å².